The number of ether oxygens (including phenoxy) is 3. The molecule has 0 aromatic carbocycles. The lowest BCUT2D eigenvalue weighted by atomic mass is 10.0. The molecule has 0 aromatic heterocycles. The molecule has 0 radical (unpaired) electrons. The van der Waals surface area contributed by atoms with Crippen LogP contribution in [0.15, 0.2) is 0 Å². The van der Waals surface area contributed by atoms with E-state index in [2.05, 4.69) is 20.8 Å². The van der Waals surface area contributed by atoms with E-state index in [0.29, 0.717) is 19.3 Å². The third-order valence-corrected chi connectivity index (χ3v) is 12.6. The summed E-state index contributed by atoms with van der Waals surface area (Å²) in [6, 6.07) is 0. The SMILES string of the molecule is CCCCCCCCCCCCCCCCCCCCCC(=O)OCC(COC(=O)CCCCCCCCCC)OC(=O)CCCCCCCCCCCCCCCCCC. The van der Waals surface area contributed by atoms with Gasteiger partial charge >= 0.3 is 17.9 Å². The highest BCUT2D eigenvalue weighted by Gasteiger charge is 2.19. The Bertz CT molecular complexity index is 905. The van der Waals surface area contributed by atoms with Crippen molar-refractivity contribution in [1.29, 1.82) is 0 Å². The fraction of sp³-hybridized carbons (Fsp3) is 0.945. The minimum absolute atomic E-state index is 0.0618. The summed E-state index contributed by atoms with van der Waals surface area (Å²) in [6.07, 6.45) is 55.3. The molecule has 0 N–H and O–H groups in total. The highest BCUT2D eigenvalue weighted by molar-refractivity contribution is 5.71. The maximum atomic E-state index is 12.8. The lowest BCUT2D eigenvalue weighted by Gasteiger charge is -2.18. The lowest BCUT2D eigenvalue weighted by molar-refractivity contribution is -0.167. The first-order valence-electron chi connectivity index (χ1n) is 27.5. The van der Waals surface area contributed by atoms with Crippen LogP contribution < -0.4 is 0 Å². The summed E-state index contributed by atoms with van der Waals surface area (Å²) in [7, 11) is 0. The van der Waals surface area contributed by atoms with Gasteiger partial charge in [-0.2, -0.15) is 0 Å². The summed E-state index contributed by atoms with van der Waals surface area (Å²) in [5.74, 6) is -0.842. The third-order valence-electron chi connectivity index (χ3n) is 12.6. The fourth-order valence-electron chi connectivity index (χ4n) is 8.45. The molecule has 1 atom stereocenters. The van der Waals surface area contributed by atoms with Gasteiger partial charge < -0.3 is 14.2 Å². The van der Waals surface area contributed by atoms with E-state index in [-0.39, 0.29) is 31.1 Å². The second kappa shape index (κ2) is 51.0. The van der Waals surface area contributed by atoms with E-state index in [1.54, 1.807) is 0 Å². The minimum Gasteiger partial charge on any atom is -0.462 e. The van der Waals surface area contributed by atoms with Gasteiger partial charge in [0.15, 0.2) is 6.10 Å². The average Bonchev–Trinajstić information content (AvgIpc) is 3.26. The molecule has 0 fully saturated rings. The molecule has 1 unspecified atom stereocenters. The van der Waals surface area contributed by atoms with E-state index in [0.717, 1.165) is 57.8 Å². The molecule has 0 rings (SSSR count). The number of hydrogen-bond donors (Lipinski definition) is 0. The molecule has 0 amide bonds. The molecular weight excluding hydrogens is 757 g/mol. The van der Waals surface area contributed by atoms with Gasteiger partial charge in [0, 0.05) is 19.3 Å². The Labute approximate surface area is 380 Å². The molecule has 362 valence electrons. The van der Waals surface area contributed by atoms with Crippen molar-refractivity contribution >= 4 is 17.9 Å². The smallest absolute Gasteiger partial charge is 0.306 e. The molecule has 6 heteroatoms. The van der Waals surface area contributed by atoms with Gasteiger partial charge in [0.2, 0.25) is 0 Å². The molecule has 0 saturated heterocycles. The van der Waals surface area contributed by atoms with Crippen molar-refractivity contribution in [2.24, 2.45) is 0 Å². The third kappa shape index (κ3) is 49.3. The van der Waals surface area contributed by atoms with Crippen LogP contribution in [0.3, 0.4) is 0 Å². The summed E-state index contributed by atoms with van der Waals surface area (Å²) in [6.45, 7) is 6.67. The predicted octanol–water partition coefficient (Wildman–Crippen LogP) is 18.0. The van der Waals surface area contributed by atoms with Gasteiger partial charge in [0.05, 0.1) is 0 Å². The molecule has 0 saturated carbocycles. The van der Waals surface area contributed by atoms with E-state index in [9.17, 15) is 14.4 Å². The molecule has 0 spiro atoms. The Morgan fingerprint density at radius 1 is 0.262 bits per heavy atom. The van der Waals surface area contributed by atoms with Gasteiger partial charge in [-0.3, -0.25) is 14.4 Å². The number of carbonyl (C=O) groups excluding carboxylic acids is 3. The normalized spacial score (nSPS) is 11.9. The van der Waals surface area contributed by atoms with Crippen molar-refractivity contribution in [1.82, 2.24) is 0 Å². The van der Waals surface area contributed by atoms with Crippen LogP contribution in [0.2, 0.25) is 0 Å². The molecule has 0 aliphatic carbocycles. The zero-order valence-electron chi connectivity index (χ0n) is 41.5. The maximum absolute atomic E-state index is 12.8. The summed E-state index contributed by atoms with van der Waals surface area (Å²) >= 11 is 0. The van der Waals surface area contributed by atoms with E-state index >= 15 is 0 Å². The molecule has 0 bridgehead atoms. The summed E-state index contributed by atoms with van der Waals surface area (Å²) in [4.78, 5) is 37.9. The van der Waals surface area contributed by atoms with Crippen molar-refractivity contribution in [3.63, 3.8) is 0 Å². The van der Waals surface area contributed by atoms with Gasteiger partial charge in [-0.15, -0.1) is 0 Å². The molecule has 0 heterocycles. The quantitative estimate of drug-likeness (QED) is 0.0344. The van der Waals surface area contributed by atoms with Gasteiger partial charge in [0.1, 0.15) is 13.2 Å². The van der Waals surface area contributed by atoms with Gasteiger partial charge in [0.25, 0.3) is 0 Å². The molecule has 61 heavy (non-hydrogen) atoms. The van der Waals surface area contributed by atoms with Gasteiger partial charge in [-0.05, 0) is 19.3 Å². The van der Waals surface area contributed by atoms with Crippen LogP contribution in [0, 0.1) is 0 Å². The van der Waals surface area contributed by atoms with Crippen LogP contribution in [0.5, 0.6) is 0 Å². The molecule has 0 aromatic rings. The van der Waals surface area contributed by atoms with E-state index in [4.69, 9.17) is 14.2 Å². The Morgan fingerprint density at radius 3 is 0.656 bits per heavy atom. The van der Waals surface area contributed by atoms with Crippen LogP contribution in [0.1, 0.15) is 316 Å². The maximum Gasteiger partial charge on any atom is 0.306 e. The largest absolute Gasteiger partial charge is 0.462 e. The molecule has 6 nitrogen and oxygen atoms in total. The van der Waals surface area contributed by atoms with Crippen molar-refractivity contribution < 1.29 is 28.6 Å². The number of esters is 3. The van der Waals surface area contributed by atoms with Crippen LogP contribution in [0.25, 0.3) is 0 Å². The highest BCUT2D eigenvalue weighted by Crippen LogP contribution is 2.17. The van der Waals surface area contributed by atoms with Crippen LogP contribution in [-0.2, 0) is 28.6 Å². The van der Waals surface area contributed by atoms with Crippen LogP contribution >= 0.6 is 0 Å². The Hall–Kier alpha value is -1.59. The van der Waals surface area contributed by atoms with Crippen molar-refractivity contribution in [2.75, 3.05) is 13.2 Å². The zero-order valence-corrected chi connectivity index (χ0v) is 41.5. The number of unbranched alkanes of at least 4 members (excludes halogenated alkanes) is 40. The standard InChI is InChI=1S/C55H106O6/c1-4-7-10-13-16-19-21-23-25-27-28-29-31-32-34-36-39-42-45-48-54(57)60-51-52(50-59-53(56)47-44-41-38-18-15-12-9-6-3)61-55(58)49-46-43-40-37-35-33-30-26-24-22-20-17-14-11-8-5-2/h52H,4-51H2,1-3H3. The summed E-state index contributed by atoms with van der Waals surface area (Å²) < 4.78 is 16.8. The topological polar surface area (TPSA) is 78.9 Å². The fourth-order valence-corrected chi connectivity index (χ4v) is 8.45. The number of carbonyl (C=O) groups is 3. The Morgan fingerprint density at radius 2 is 0.443 bits per heavy atom. The molecule has 0 aliphatic heterocycles. The van der Waals surface area contributed by atoms with E-state index < -0.39 is 6.10 Å². The summed E-state index contributed by atoms with van der Waals surface area (Å²) in [5.41, 5.74) is 0. The lowest BCUT2D eigenvalue weighted by Crippen LogP contribution is -2.30. The molecular formula is C55H106O6. The molecule has 0 aliphatic rings. The first kappa shape index (κ1) is 59.4. The minimum atomic E-state index is -0.759. The first-order chi connectivity index (χ1) is 30.0. The Balaban J connectivity index is 4.18. The van der Waals surface area contributed by atoms with E-state index in [1.165, 1.54) is 218 Å². The number of rotatable bonds is 51. The van der Waals surface area contributed by atoms with Crippen molar-refractivity contribution in [3.8, 4) is 0 Å². The van der Waals surface area contributed by atoms with Gasteiger partial charge in [-0.1, -0.05) is 278 Å². The van der Waals surface area contributed by atoms with Crippen LogP contribution in [0.4, 0.5) is 0 Å². The monoisotopic (exact) mass is 863 g/mol. The van der Waals surface area contributed by atoms with Crippen LogP contribution in [-0.4, -0.2) is 37.2 Å². The predicted molar refractivity (Wildman–Crippen MR) is 261 cm³/mol. The number of hydrogen-bond acceptors (Lipinski definition) is 6. The second-order valence-electron chi connectivity index (χ2n) is 18.9. The first-order valence-corrected chi connectivity index (χ1v) is 27.5. The average molecular weight is 863 g/mol. The van der Waals surface area contributed by atoms with Crippen molar-refractivity contribution in [3.05, 3.63) is 0 Å². The summed E-state index contributed by atoms with van der Waals surface area (Å²) in [5, 5.41) is 0. The van der Waals surface area contributed by atoms with Gasteiger partial charge in [-0.25, -0.2) is 0 Å². The van der Waals surface area contributed by atoms with Crippen molar-refractivity contribution in [2.45, 2.75) is 322 Å². The van der Waals surface area contributed by atoms with E-state index in [1.807, 2.05) is 0 Å². The second-order valence-corrected chi connectivity index (χ2v) is 18.9. The zero-order chi connectivity index (χ0) is 44.4. The Kier molecular flexibility index (Phi) is 49.7. The highest BCUT2D eigenvalue weighted by atomic mass is 16.6.